The lowest BCUT2D eigenvalue weighted by Gasteiger charge is -2.17. The summed E-state index contributed by atoms with van der Waals surface area (Å²) < 4.78 is 6.90. The van der Waals surface area contributed by atoms with Gasteiger partial charge in [-0.15, -0.1) is 10.2 Å². The van der Waals surface area contributed by atoms with Crippen molar-refractivity contribution >= 4 is 29.4 Å². The van der Waals surface area contributed by atoms with Gasteiger partial charge in [-0.2, -0.15) is 0 Å². The molecule has 0 spiro atoms. The molecule has 9 heteroatoms. The largest absolute Gasteiger partial charge is 0.360 e. The predicted molar refractivity (Wildman–Crippen MR) is 85.3 cm³/mol. The van der Waals surface area contributed by atoms with Gasteiger partial charge in [0.05, 0.1) is 5.75 Å². The maximum atomic E-state index is 11.9. The van der Waals surface area contributed by atoms with Crippen molar-refractivity contribution in [2.24, 2.45) is 0 Å². The van der Waals surface area contributed by atoms with Gasteiger partial charge in [-0.3, -0.25) is 9.36 Å². The molecule has 2 heterocycles. The fraction of sp³-hybridized carbons (Fsp3) is 0.538. The Morgan fingerprint density at radius 1 is 1.45 bits per heavy atom. The number of nitrogens with zero attached hydrogens (tertiary/aromatic N) is 5. The highest BCUT2D eigenvalue weighted by atomic mass is 32.2. The lowest BCUT2D eigenvalue weighted by molar-refractivity contribution is -0.113. The van der Waals surface area contributed by atoms with Crippen molar-refractivity contribution in [1.29, 1.82) is 0 Å². The molecule has 0 aliphatic carbocycles. The van der Waals surface area contributed by atoms with E-state index in [1.54, 1.807) is 13.0 Å². The molecule has 2 aromatic heterocycles. The molecule has 1 amide bonds. The molecule has 0 aromatic carbocycles. The fourth-order valence-electron chi connectivity index (χ4n) is 1.86. The molecule has 0 fully saturated rings. The van der Waals surface area contributed by atoms with E-state index < -0.39 is 0 Å². The van der Waals surface area contributed by atoms with Crippen LogP contribution in [0, 0.1) is 6.92 Å². The topological polar surface area (TPSA) is 89.1 Å². The van der Waals surface area contributed by atoms with E-state index in [2.05, 4.69) is 34.5 Å². The Labute approximate surface area is 133 Å². The Bertz CT molecular complexity index is 649. The van der Waals surface area contributed by atoms with Gasteiger partial charge in [0.15, 0.2) is 11.0 Å². The number of hydrogen-bond acceptors (Lipinski definition) is 7. The van der Waals surface area contributed by atoms with Crippen LogP contribution in [0.4, 0.5) is 11.8 Å². The number of rotatable bonds is 6. The number of amides is 1. The van der Waals surface area contributed by atoms with Crippen LogP contribution in [-0.4, -0.2) is 45.7 Å². The minimum absolute atomic E-state index is 0.164. The first-order chi connectivity index (χ1) is 10.4. The Hall–Kier alpha value is -2.03. The second-order valence-electron chi connectivity index (χ2n) is 5.30. The van der Waals surface area contributed by atoms with E-state index >= 15 is 0 Å². The first kappa shape index (κ1) is 16.3. The lowest BCUT2D eigenvalue weighted by Crippen LogP contribution is -2.18. The summed E-state index contributed by atoms with van der Waals surface area (Å²) in [5.41, 5.74) is 0. The summed E-state index contributed by atoms with van der Waals surface area (Å²) in [5.74, 6) is 1.90. The summed E-state index contributed by atoms with van der Waals surface area (Å²) in [6.07, 6.45) is 0. The molecule has 8 nitrogen and oxygen atoms in total. The normalized spacial score (nSPS) is 11.0. The van der Waals surface area contributed by atoms with Crippen molar-refractivity contribution in [3.8, 4) is 0 Å². The zero-order chi connectivity index (χ0) is 16.3. The van der Waals surface area contributed by atoms with Crippen LogP contribution in [0.5, 0.6) is 0 Å². The van der Waals surface area contributed by atoms with E-state index in [1.165, 1.54) is 11.8 Å². The molecule has 22 heavy (non-hydrogen) atoms. The van der Waals surface area contributed by atoms with Gasteiger partial charge < -0.3 is 14.7 Å². The molecule has 0 saturated carbocycles. The first-order valence-electron chi connectivity index (χ1n) is 6.86. The number of carbonyl (C=O) groups excluding carboxylic acids is 1. The van der Waals surface area contributed by atoms with Crippen LogP contribution in [0.15, 0.2) is 15.7 Å². The highest BCUT2D eigenvalue weighted by molar-refractivity contribution is 7.99. The van der Waals surface area contributed by atoms with Gasteiger partial charge in [-0.05, 0) is 20.8 Å². The molecule has 0 aliphatic rings. The number of anilines is 2. The minimum atomic E-state index is -0.164. The molecule has 2 aromatic rings. The number of hydrogen-bond donors (Lipinski definition) is 1. The summed E-state index contributed by atoms with van der Waals surface area (Å²) >= 11 is 1.34. The van der Waals surface area contributed by atoms with Gasteiger partial charge in [-0.1, -0.05) is 16.9 Å². The smallest absolute Gasteiger partial charge is 0.236 e. The van der Waals surface area contributed by atoms with Crippen LogP contribution in [0.2, 0.25) is 0 Å². The van der Waals surface area contributed by atoms with Gasteiger partial charge in [-0.25, -0.2) is 0 Å². The maximum absolute atomic E-state index is 11.9. The third-order valence-electron chi connectivity index (χ3n) is 2.79. The average molecular weight is 324 g/mol. The van der Waals surface area contributed by atoms with Crippen molar-refractivity contribution in [2.45, 2.75) is 32.0 Å². The third kappa shape index (κ3) is 3.79. The molecule has 1 N–H and O–H groups in total. The molecule has 0 radical (unpaired) electrons. The Morgan fingerprint density at radius 2 is 2.18 bits per heavy atom. The Kier molecular flexibility index (Phi) is 5.07. The number of thioether (sulfide) groups is 1. The van der Waals surface area contributed by atoms with Gasteiger partial charge in [0.1, 0.15) is 5.76 Å². The van der Waals surface area contributed by atoms with Crippen molar-refractivity contribution in [1.82, 2.24) is 19.9 Å². The molecular weight excluding hydrogens is 304 g/mol. The molecule has 120 valence electrons. The first-order valence-corrected chi connectivity index (χ1v) is 7.85. The van der Waals surface area contributed by atoms with Gasteiger partial charge in [0, 0.05) is 26.2 Å². The van der Waals surface area contributed by atoms with Crippen LogP contribution >= 0.6 is 11.8 Å². The quantitative estimate of drug-likeness (QED) is 0.812. The van der Waals surface area contributed by atoms with Crippen molar-refractivity contribution in [2.75, 3.05) is 30.1 Å². The van der Waals surface area contributed by atoms with Crippen molar-refractivity contribution in [3.63, 3.8) is 0 Å². The lowest BCUT2D eigenvalue weighted by atomic mass is 10.4. The number of carbonyl (C=O) groups is 1. The summed E-state index contributed by atoms with van der Waals surface area (Å²) in [6.45, 7) is 5.88. The zero-order valence-electron chi connectivity index (χ0n) is 13.3. The van der Waals surface area contributed by atoms with E-state index in [1.807, 2.05) is 23.6 Å². The summed E-state index contributed by atoms with van der Waals surface area (Å²) in [4.78, 5) is 13.8. The number of aromatic nitrogens is 4. The van der Waals surface area contributed by atoms with E-state index in [4.69, 9.17) is 4.52 Å². The Balaban J connectivity index is 2.00. The highest BCUT2D eigenvalue weighted by Gasteiger charge is 2.18. The number of nitrogens with one attached hydrogen (secondary N) is 1. The van der Waals surface area contributed by atoms with E-state index in [0.717, 1.165) is 5.95 Å². The molecule has 0 unspecified atom stereocenters. The summed E-state index contributed by atoms with van der Waals surface area (Å²) in [7, 11) is 3.83. The SMILES string of the molecule is Cc1cc(NC(=O)CSc2nnc(N(C)C)n2C(C)C)no1. The zero-order valence-corrected chi connectivity index (χ0v) is 14.1. The predicted octanol–water partition coefficient (Wildman–Crippen LogP) is 1.95. The fourth-order valence-corrected chi connectivity index (χ4v) is 2.72. The maximum Gasteiger partial charge on any atom is 0.236 e. The van der Waals surface area contributed by atoms with E-state index in [0.29, 0.717) is 16.7 Å². The Morgan fingerprint density at radius 3 is 2.73 bits per heavy atom. The number of aryl methyl sites for hydroxylation is 1. The highest BCUT2D eigenvalue weighted by Crippen LogP contribution is 2.25. The second-order valence-corrected chi connectivity index (χ2v) is 6.24. The molecular formula is C13H20N6O2S. The summed E-state index contributed by atoms with van der Waals surface area (Å²) in [6, 6.07) is 1.87. The average Bonchev–Trinajstić information content (AvgIpc) is 3.02. The minimum Gasteiger partial charge on any atom is -0.360 e. The standard InChI is InChI=1S/C13H20N6O2S/c1-8(2)19-12(18(4)5)15-16-13(19)22-7-11(20)14-10-6-9(3)21-17-10/h6,8H,7H2,1-5H3,(H,14,17,20). The van der Waals surface area contributed by atoms with Crippen LogP contribution < -0.4 is 10.2 Å². The van der Waals surface area contributed by atoms with Gasteiger partial charge in [0.2, 0.25) is 11.9 Å². The third-order valence-corrected chi connectivity index (χ3v) is 3.73. The molecule has 0 saturated heterocycles. The summed E-state index contributed by atoms with van der Waals surface area (Å²) in [5, 5.41) is 15.4. The molecule has 0 bridgehead atoms. The van der Waals surface area contributed by atoms with Gasteiger partial charge in [0.25, 0.3) is 0 Å². The van der Waals surface area contributed by atoms with Gasteiger partial charge >= 0.3 is 0 Å². The van der Waals surface area contributed by atoms with E-state index in [9.17, 15) is 4.79 Å². The monoisotopic (exact) mass is 324 g/mol. The second kappa shape index (κ2) is 6.82. The van der Waals surface area contributed by atoms with Crippen LogP contribution in [-0.2, 0) is 4.79 Å². The van der Waals surface area contributed by atoms with Crippen molar-refractivity contribution < 1.29 is 9.32 Å². The van der Waals surface area contributed by atoms with Crippen LogP contribution in [0.25, 0.3) is 0 Å². The van der Waals surface area contributed by atoms with Crippen molar-refractivity contribution in [3.05, 3.63) is 11.8 Å². The molecule has 0 atom stereocenters. The van der Waals surface area contributed by atoms with Crippen LogP contribution in [0.3, 0.4) is 0 Å². The van der Waals surface area contributed by atoms with Crippen LogP contribution in [0.1, 0.15) is 25.6 Å². The van der Waals surface area contributed by atoms with E-state index in [-0.39, 0.29) is 17.7 Å². The molecule has 0 aliphatic heterocycles. The molecule has 2 rings (SSSR count).